The summed E-state index contributed by atoms with van der Waals surface area (Å²) in [4.78, 5) is 1.38. The quantitative estimate of drug-likeness (QED) is 0.751. The third-order valence-electron chi connectivity index (χ3n) is 3.03. The standard InChI is InChI=1S/C12H17NS/c13-10-12(6-7-12)8-9-14-11-4-2-1-3-5-11/h1-5H,6-10,13H2. The molecule has 0 saturated heterocycles. The lowest BCUT2D eigenvalue weighted by Crippen LogP contribution is -2.15. The molecule has 0 heterocycles. The summed E-state index contributed by atoms with van der Waals surface area (Å²) < 4.78 is 0. The van der Waals surface area contributed by atoms with Gasteiger partial charge in [0.25, 0.3) is 0 Å². The van der Waals surface area contributed by atoms with Gasteiger partial charge in [-0.25, -0.2) is 0 Å². The van der Waals surface area contributed by atoms with E-state index < -0.39 is 0 Å². The highest BCUT2D eigenvalue weighted by Gasteiger charge is 2.40. The molecule has 14 heavy (non-hydrogen) atoms. The molecule has 0 radical (unpaired) electrons. The normalized spacial score (nSPS) is 18.1. The van der Waals surface area contributed by atoms with E-state index in [0.29, 0.717) is 5.41 Å². The SMILES string of the molecule is NCC1(CCSc2ccccc2)CC1. The van der Waals surface area contributed by atoms with Crippen LogP contribution in [0.1, 0.15) is 19.3 Å². The average Bonchev–Trinajstić information content (AvgIpc) is 3.00. The molecule has 0 aromatic heterocycles. The lowest BCUT2D eigenvalue weighted by molar-refractivity contribution is 0.509. The zero-order valence-corrected chi connectivity index (χ0v) is 9.22. The van der Waals surface area contributed by atoms with Gasteiger partial charge in [-0.2, -0.15) is 0 Å². The minimum atomic E-state index is 0.530. The Morgan fingerprint density at radius 2 is 1.93 bits per heavy atom. The first kappa shape index (κ1) is 10.1. The maximum Gasteiger partial charge on any atom is 0.00719 e. The Morgan fingerprint density at radius 1 is 1.21 bits per heavy atom. The molecule has 1 nitrogen and oxygen atoms in total. The molecule has 0 atom stereocenters. The largest absolute Gasteiger partial charge is 0.330 e. The fourth-order valence-corrected chi connectivity index (χ4v) is 2.76. The van der Waals surface area contributed by atoms with E-state index in [1.165, 1.54) is 29.9 Å². The molecule has 0 bridgehead atoms. The zero-order valence-electron chi connectivity index (χ0n) is 8.41. The Morgan fingerprint density at radius 3 is 2.50 bits per heavy atom. The zero-order chi connectivity index (χ0) is 9.86. The van der Waals surface area contributed by atoms with Crippen molar-refractivity contribution in [3.63, 3.8) is 0 Å². The lowest BCUT2D eigenvalue weighted by atomic mass is 10.1. The van der Waals surface area contributed by atoms with E-state index in [4.69, 9.17) is 5.73 Å². The van der Waals surface area contributed by atoms with Crippen LogP contribution in [0.3, 0.4) is 0 Å². The van der Waals surface area contributed by atoms with Crippen LogP contribution in [0.2, 0.25) is 0 Å². The number of benzene rings is 1. The van der Waals surface area contributed by atoms with Gasteiger partial charge < -0.3 is 5.73 Å². The third kappa shape index (κ3) is 2.52. The van der Waals surface area contributed by atoms with Crippen molar-refractivity contribution < 1.29 is 0 Å². The van der Waals surface area contributed by atoms with E-state index in [1.54, 1.807) is 0 Å². The van der Waals surface area contributed by atoms with Crippen LogP contribution in [-0.2, 0) is 0 Å². The van der Waals surface area contributed by atoms with E-state index in [1.807, 2.05) is 11.8 Å². The highest BCUT2D eigenvalue weighted by molar-refractivity contribution is 7.99. The van der Waals surface area contributed by atoms with Gasteiger partial charge in [-0.05, 0) is 49.1 Å². The summed E-state index contributed by atoms with van der Waals surface area (Å²) in [6.45, 7) is 0.877. The minimum absolute atomic E-state index is 0.530. The van der Waals surface area contributed by atoms with Crippen LogP contribution in [0.15, 0.2) is 35.2 Å². The Hall–Kier alpha value is -0.470. The number of rotatable bonds is 5. The molecule has 0 spiro atoms. The average molecular weight is 207 g/mol. The molecule has 2 heteroatoms. The van der Waals surface area contributed by atoms with Gasteiger partial charge in [-0.1, -0.05) is 18.2 Å². The Bertz CT molecular complexity index is 280. The second kappa shape index (κ2) is 4.37. The number of hydrogen-bond acceptors (Lipinski definition) is 2. The van der Waals surface area contributed by atoms with E-state index in [2.05, 4.69) is 30.3 Å². The van der Waals surface area contributed by atoms with Crippen LogP contribution in [0.5, 0.6) is 0 Å². The lowest BCUT2D eigenvalue weighted by Gasteiger charge is -2.10. The van der Waals surface area contributed by atoms with Crippen molar-refractivity contribution in [2.24, 2.45) is 11.1 Å². The van der Waals surface area contributed by atoms with Crippen LogP contribution in [0.4, 0.5) is 0 Å². The van der Waals surface area contributed by atoms with Crippen LogP contribution < -0.4 is 5.73 Å². The summed E-state index contributed by atoms with van der Waals surface area (Å²) in [5.41, 5.74) is 6.27. The van der Waals surface area contributed by atoms with Crippen molar-refractivity contribution in [2.45, 2.75) is 24.2 Å². The predicted octanol–water partition coefficient (Wildman–Crippen LogP) is 2.91. The van der Waals surface area contributed by atoms with Crippen molar-refractivity contribution in [3.8, 4) is 0 Å². The molecular formula is C12H17NS. The van der Waals surface area contributed by atoms with Crippen LogP contribution in [0.25, 0.3) is 0 Å². The summed E-state index contributed by atoms with van der Waals surface area (Å²) in [5, 5.41) is 0. The van der Waals surface area contributed by atoms with Gasteiger partial charge in [0.2, 0.25) is 0 Å². The van der Waals surface area contributed by atoms with Gasteiger partial charge in [-0.3, -0.25) is 0 Å². The second-order valence-electron chi connectivity index (χ2n) is 4.12. The van der Waals surface area contributed by atoms with Gasteiger partial charge >= 0.3 is 0 Å². The molecule has 2 rings (SSSR count). The Labute approximate surface area is 90.1 Å². The number of thioether (sulfide) groups is 1. The smallest absolute Gasteiger partial charge is 0.00719 e. The molecule has 2 N–H and O–H groups in total. The van der Waals surface area contributed by atoms with Gasteiger partial charge in [-0.15, -0.1) is 11.8 Å². The summed E-state index contributed by atoms with van der Waals surface area (Å²) in [5.74, 6) is 1.21. The summed E-state index contributed by atoms with van der Waals surface area (Å²) >= 11 is 1.95. The minimum Gasteiger partial charge on any atom is -0.330 e. The first-order valence-electron chi connectivity index (χ1n) is 5.23. The molecule has 1 saturated carbocycles. The van der Waals surface area contributed by atoms with Crippen LogP contribution in [-0.4, -0.2) is 12.3 Å². The van der Waals surface area contributed by atoms with Crippen molar-refractivity contribution in [3.05, 3.63) is 30.3 Å². The predicted molar refractivity (Wildman–Crippen MR) is 62.5 cm³/mol. The summed E-state index contributed by atoms with van der Waals surface area (Å²) in [7, 11) is 0. The van der Waals surface area contributed by atoms with Crippen molar-refractivity contribution in [1.29, 1.82) is 0 Å². The maximum absolute atomic E-state index is 5.74. The van der Waals surface area contributed by atoms with Crippen LogP contribution in [0, 0.1) is 5.41 Å². The van der Waals surface area contributed by atoms with Gasteiger partial charge in [0.1, 0.15) is 0 Å². The maximum atomic E-state index is 5.74. The monoisotopic (exact) mass is 207 g/mol. The first-order valence-corrected chi connectivity index (χ1v) is 6.21. The molecule has 76 valence electrons. The third-order valence-corrected chi connectivity index (χ3v) is 4.05. The fourth-order valence-electron chi connectivity index (χ4n) is 1.64. The molecule has 1 aliphatic carbocycles. The highest BCUT2D eigenvalue weighted by atomic mass is 32.2. The second-order valence-corrected chi connectivity index (χ2v) is 5.28. The molecule has 1 aromatic rings. The van der Waals surface area contributed by atoms with Gasteiger partial charge in [0.05, 0.1) is 0 Å². The van der Waals surface area contributed by atoms with E-state index in [0.717, 1.165) is 6.54 Å². The van der Waals surface area contributed by atoms with Crippen molar-refractivity contribution in [2.75, 3.05) is 12.3 Å². The molecule has 1 aromatic carbocycles. The molecule has 1 fully saturated rings. The van der Waals surface area contributed by atoms with Gasteiger partial charge in [0, 0.05) is 4.90 Å². The Kier molecular flexibility index (Phi) is 3.14. The van der Waals surface area contributed by atoms with E-state index >= 15 is 0 Å². The van der Waals surface area contributed by atoms with E-state index in [-0.39, 0.29) is 0 Å². The first-order chi connectivity index (χ1) is 6.85. The number of nitrogens with two attached hydrogens (primary N) is 1. The van der Waals surface area contributed by atoms with Gasteiger partial charge in [0.15, 0.2) is 0 Å². The molecule has 0 aliphatic heterocycles. The summed E-state index contributed by atoms with van der Waals surface area (Å²) in [6, 6.07) is 10.6. The fraction of sp³-hybridized carbons (Fsp3) is 0.500. The molecule has 0 amide bonds. The summed E-state index contributed by atoms with van der Waals surface area (Å²) in [6.07, 6.45) is 3.97. The molecular weight excluding hydrogens is 190 g/mol. The topological polar surface area (TPSA) is 26.0 Å². The van der Waals surface area contributed by atoms with Crippen molar-refractivity contribution >= 4 is 11.8 Å². The highest BCUT2D eigenvalue weighted by Crippen LogP contribution is 2.48. The van der Waals surface area contributed by atoms with Crippen molar-refractivity contribution in [1.82, 2.24) is 0 Å². The molecule has 1 aliphatic rings. The Balaban J connectivity index is 1.73. The van der Waals surface area contributed by atoms with Crippen LogP contribution >= 0.6 is 11.8 Å². The molecule has 0 unspecified atom stereocenters. The number of hydrogen-bond donors (Lipinski definition) is 1. The van der Waals surface area contributed by atoms with E-state index in [9.17, 15) is 0 Å².